The van der Waals surface area contributed by atoms with Crippen molar-refractivity contribution in [3.63, 3.8) is 0 Å². The zero-order valence-electron chi connectivity index (χ0n) is 32.7. The van der Waals surface area contributed by atoms with Crippen LogP contribution in [0.4, 0.5) is 17.1 Å². The predicted octanol–water partition coefficient (Wildman–Crippen LogP) is 8.91. The molecule has 2 aliphatic heterocycles. The van der Waals surface area contributed by atoms with Gasteiger partial charge in [0.15, 0.2) is 0 Å². The molecule has 2 aliphatic rings. The number of rotatable bonds is 12. The first-order valence-electron chi connectivity index (χ1n) is 18.8. The van der Waals surface area contributed by atoms with Crippen LogP contribution in [-0.2, 0) is 117 Å². The van der Waals surface area contributed by atoms with Crippen molar-refractivity contribution in [2.75, 3.05) is 46.5 Å². The van der Waals surface area contributed by atoms with Crippen LogP contribution >= 0.6 is 23.2 Å². The minimum absolute atomic E-state index is 0. The molecule has 0 spiro atoms. The topological polar surface area (TPSA) is 98.8 Å². The number of unbranched alkanes of at least 4 members (excludes halogenated alkanes) is 2. The van der Waals surface area contributed by atoms with E-state index in [1.54, 1.807) is 31.2 Å². The molecule has 5 aromatic rings. The summed E-state index contributed by atoms with van der Waals surface area (Å²) in [4.78, 5) is 52.5. The summed E-state index contributed by atoms with van der Waals surface area (Å²) in [5.74, 6) is 1.05. The van der Waals surface area contributed by atoms with Crippen LogP contribution in [0.15, 0.2) is 84.9 Å². The average Bonchev–Trinajstić information content (AvgIpc) is 3.80. The van der Waals surface area contributed by atoms with E-state index in [-0.39, 0.29) is 140 Å². The van der Waals surface area contributed by atoms with E-state index < -0.39 is 0 Å². The second-order valence-electron chi connectivity index (χ2n) is 13.9. The third-order valence-electron chi connectivity index (χ3n) is 10.2. The Morgan fingerprint density at radius 2 is 1.16 bits per heavy atom. The maximum atomic E-state index is 13.2. The zero-order valence-corrected chi connectivity index (χ0v) is 42.8. The largest absolute Gasteiger partial charge is 0.352 e. The van der Waals surface area contributed by atoms with Gasteiger partial charge in [-0.25, -0.2) is 0 Å². The molecule has 2 heterocycles. The predicted molar refractivity (Wildman–Crippen MR) is 223 cm³/mol. The maximum absolute atomic E-state index is 13.2. The molecule has 58 heavy (non-hydrogen) atoms. The number of hydrogen-bond donors (Lipinski definition) is 2. The van der Waals surface area contributed by atoms with E-state index in [2.05, 4.69) is 41.8 Å². The van der Waals surface area contributed by atoms with Gasteiger partial charge in [0.1, 0.15) is 0 Å². The Morgan fingerprint density at radius 1 is 0.690 bits per heavy atom. The molecule has 295 valence electrons. The van der Waals surface area contributed by atoms with E-state index in [1.807, 2.05) is 58.3 Å². The van der Waals surface area contributed by atoms with Gasteiger partial charge >= 0.3 is 0 Å². The van der Waals surface area contributed by atoms with Crippen LogP contribution in [0.3, 0.4) is 0 Å². The molecule has 0 saturated heterocycles. The molecule has 13 heteroatoms. The number of halogens is 2. The van der Waals surface area contributed by atoms with Crippen LogP contribution < -0.4 is 20.4 Å². The van der Waals surface area contributed by atoms with Gasteiger partial charge in [-0.1, -0.05) is 60.9 Å². The maximum Gasteiger partial charge on any atom is 0.243 e. The SMILES string of the molecule is O=C(CCCCCC(=O)N1C[C@@H](CCl)c2c1c[c-]c1ccccc21)N1C[C@@H](CCl)c2c1c[c-]c1ccccc21.[CH2-]c1ccc(NC(=O)CNC(=O)CC)cc1.[Y].[Y].[Y]. The zero-order chi connectivity index (χ0) is 38.9. The Bertz CT molecular complexity index is 2070. The van der Waals surface area contributed by atoms with Gasteiger partial charge in [0.2, 0.25) is 23.6 Å². The Labute approximate surface area is 427 Å². The Balaban J connectivity index is 0.000000405. The first-order chi connectivity index (χ1) is 26.7. The van der Waals surface area contributed by atoms with Crippen molar-refractivity contribution in [2.24, 2.45) is 0 Å². The normalized spacial score (nSPS) is 14.8. The summed E-state index contributed by atoms with van der Waals surface area (Å²) in [6.45, 7) is 6.70. The summed E-state index contributed by atoms with van der Waals surface area (Å²) in [5, 5.41) is 9.52. The molecule has 0 bridgehead atoms. The van der Waals surface area contributed by atoms with Gasteiger partial charge in [-0.15, -0.1) is 93.3 Å². The number of benzene rings is 5. The third-order valence-corrected chi connectivity index (χ3v) is 10.9. The molecule has 0 unspecified atom stereocenters. The van der Waals surface area contributed by atoms with Gasteiger partial charge in [0.05, 0.1) is 6.54 Å². The number of nitrogens with one attached hydrogen (secondary N) is 2. The van der Waals surface area contributed by atoms with E-state index in [0.717, 1.165) is 68.9 Å². The monoisotopic (exact) mass is 1040 g/mol. The van der Waals surface area contributed by atoms with E-state index in [4.69, 9.17) is 23.2 Å². The molecule has 7 rings (SSSR count). The van der Waals surface area contributed by atoms with E-state index in [9.17, 15) is 19.2 Å². The molecule has 5 aromatic carbocycles. The van der Waals surface area contributed by atoms with E-state index in [0.29, 0.717) is 49.8 Å². The Morgan fingerprint density at radius 3 is 1.60 bits per heavy atom. The molecule has 0 saturated carbocycles. The van der Waals surface area contributed by atoms with Crippen molar-refractivity contribution in [3.8, 4) is 0 Å². The average molecular weight is 1040 g/mol. The number of carbonyl (C=O) groups is 4. The van der Waals surface area contributed by atoms with Crippen molar-refractivity contribution in [3.05, 3.63) is 121 Å². The number of carbonyl (C=O) groups excluding carboxylic acids is 4. The summed E-state index contributed by atoms with van der Waals surface area (Å²) in [6, 6.07) is 34.0. The molecule has 4 amide bonds. The quantitative estimate of drug-likeness (QED) is 0.0742. The van der Waals surface area contributed by atoms with Crippen molar-refractivity contribution < 1.29 is 117 Å². The molecule has 2 atom stereocenters. The first kappa shape index (κ1) is 50.6. The Hall–Kier alpha value is -1.74. The van der Waals surface area contributed by atoms with Crippen LogP contribution in [0.2, 0.25) is 0 Å². The van der Waals surface area contributed by atoms with E-state index >= 15 is 0 Å². The number of fused-ring (bicyclic) bond motifs is 6. The first-order valence-corrected chi connectivity index (χ1v) is 19.9. The molecular weight excluding hydrogens is 998 g/mol. The van der Waals surface area contributed by atoms with Crippen molar-refractivity contribution in [1.29, 1.82) is 0 Å². The molecule has 0 aromatic heterocycles. The van der Waals surface area contributed by atoms with Crippen molar-refractivity contribution in [2.45, 2.75) is 57.3 Å². The Kier molecular flexibility index (Phi) is 21.5. The summed E-state index contributed by atoms with van der Waals surface area (Å²) in [7, 11) is 0. The molecule has 0 fully saturated rings. The summed E-state index contributed by atoms with van der Waals surface area (Å²) >= 11 is 12.6. The molecule has 8 nitrogen and oxygen atoms in total. The van der Waals surface area contributed by atoms with Gasteiger partial charge in [-0.3, -0.25) is 19.2 Å². The van der Waals surface area contributed by atoms with Gasteiger partial charge in [-0.2, -0.15) is 24.6 Å². The number of alkyl halides is 2. The smallest absolute Gasteiger partial charge is 0.243 e. The van der Waals surface area contributed by atoms with Crippen LogP contribution in [0.5, 0.6) is 0 Å². The molecule has 3 radical (unpaired) electrons. The van der Waals surface area contributed by atoms with Gasteiger partial charge < -0.3 is 20.4 Å². The number of hydrogen-bond acceptors (Lipinski definition) is 4. The van der Waals surface area contributed by atoms with Crippen molar-refractivity contribution in [1.82, 2.24) is 5.32 Å². The van der Waals surface area contributed by atoms with Crippen LogP contribution in [0, 0.1) is 19.1 Å². The number of anilines is 3. The second-order valence-corrected chi connectivity index (χ2v) is 14.5. The fourth-order valence-corrected chi connectivity index (χ4v) is 7.86. The molecule has 0 aliphatic carbocycles. The van der Waals surface area contributed by atoms with Crippen LogP contribution in [0.1, 0.15) is 74.0 Å². The minimum atomic E-state index is -0.237. The standard InChI is InChI=1S/C33H30Cl2N2O2.C12H15N2O2.3Y/c34-18-24-20-36(28-16-14-22-8-4-6-10-26(22)32(24)28)30(38)12-2-1-3-13-31(39)37-21-25(19-35)33-27-11-7-5-9-23(27)15-17-29(33)37;1-3-11(15)13-8-12(16)14-10-6-4-9(2)5-7-10;;;/h4-11,16-17,24-25H,1-3,12-13,18-21H2;4-7H,2-3,8H2,1H3,(H,13,15)(H,14,16);;;/q-2;-1;;;/t24-,25-;;;;/m1..../s1. The molecular formula is C45H45Cl2N4O4Y3-3. The minimum Gasteiger partial charge on any atom is -0.352 e. The summed E-state index contributed by atoms with van der Waals surface area (Å²) < 4.78 is 0. The third kappa shape index (κ3) is 12.4. The second kappa shape index (κ2) is 24.6. The molecule has 2 N–H and O–H groups in total. The number of nitrogens with zero attached hydrogens (tertiary/aromatic N) is 2. The van der Waals surface area contributed by atoms with Crippen molar-refractivity contribution >= 4 is 85.4 Å². The van der Waals surface area contributed by atoms with Gasteiger partial charge in [0, 0.05) is 160 Å². The van der Waals surface area contributed by atoms with E-state index in [1.165, 1.54) is 0 Å². The fraction of sp³-hybridized carbons (Fsp3) is 0.311. The van der Waals surface area contributed by atoms with Gasteiger partial charge in [-0.05, 0) is 24.2 Å². The fourth-order valence-electron chi connectivity index (χ4n) is 7.36. The van der Waals surface area contributed by atoms with Crippen LogP contribution in [0.25, 0.3) is 21.5 Å². The number of amides is 4. The van der Waals surface area contributed by atoms with Crippen LogP contribution in [-0.4, -0.2) is 55.0 Å². The summed E-state index contributed by atoms with van der Waals surface area (Å²) in [5.41, 5.74) is 5.77. The summed E-state index contributed by atoms with van der Waals surface area (Å²) in [6.07, 6.45) is 3.61. The van der Waals surface area contributed by atoms with Gasteiger partial charge in [0.25, 0.3) is 0 Å².